The van der Waals surface area contributed by atoms with Crippen LogP contribution in [-0.2, 0) is 13.5 Å². The number of halogens is 2. The molecule has 1 heterocycles. The lowest BCUT2D eigenvalue weighted by Crippen LogP contribution is -2.25. The lowest BCUT2D eigenvalue weighted by Gasteiger charge is -2.18. The zero-order chi connectivity index (χ0) is 13.8. The second-order valence-electron chi connectivity index (χ2n) is 4.46. The highest BCUT2D eigenvalue weighted by Crippen LogP contribution is 2.25. The van der Waals surface area contributed by atoms with Crippen molar-refractivity contribution >= 4 is 23.2 Å². The first kappa shape index (κ1) is 14.4. The Bertz CT molecular complexity index is 551. The van der Waals surface area contributed by atoms with Gasteiger partial charge in [0.1, 0.15) is 5.82 Å². The molecule has 0 radical (unpaired) electrons. The van der Waals surface area contributed by atoms with Gasteiger partial charge in [0, 0.05) is 19.4 Å². The van der Waals surface area contributed by atoms with Crippen LogP contribution in [0.5, 0.6) is 0 Å². The van der Waals surface area contributed by atoms with Crippen molar-refractivity contribution in [2.45, 2.75) is 19.4 Å². The predicted molar refractivity (Wildman–Crippen MR) is 79.8 cm³/mol. The summed E-state index contributed by atoms with van der Waals surface area (Å²) in [5, 5.41) is 4.63. The Morgan fingerprint density at radius 3 is 2.68 bits per heavy atom. The summed E-state index contributed by atoms with van der Waals surface area (Å²) in [7, 11) is 2.00. The minimum absolute atomic E-state index is 0.169. The molecule has 0 bridgehead atoms. The Balaban J connectivity index is 2.21. The van der Waals surface area contributed by atoms with Gasteiger partial charge in [-0.15, -0.1) is 0 Å². The fourth-order valence-corrected chi connectivity index (χ4v) is 2.44. The molecule has 0 saturated carbocycles. The van der Waals surface area contributed by atoms with Crippen LogP contribution in [0.15, 0.2) is 30.6 Å². The molecule has 1 aromatic carbocycles. The molecule has 0 spiro atoms. The molecule has 19 heavy (non-hydrogen) atoms. The Labute approximate surface area is 123 Å². The van der Waals surface area contributed by atoms with Gasteiger partial charge in [0.25, 0.3) is 0 Å². The number of rotatable bonds is 5. The van der Waals surface area contributed by atoms with Gasteiger partial charge in [-0.2, -0.15) is 0 Å². The lowest BCUT2D eigenvalue weighted by atomic mass is 10.1. The monoisotopic (exact) mass is 297 g/mol. The Morgan fingerprint density at radius 1 is 1.32 bits per heavy atom. The number of likely N-dealkylation sites (N-methyl/N-ethyl adjacent to an activating group) is 1. The number of nitrogens with zero attached hydrogens (tertiary/aromatic N) is 2. The Morgan fingerprint density at radius 2 is 2.11 bits per heavy atom. The van der Waals surface area contributed by atoms with Crippen LogP contribution in [0.4, 0.5) is 0 Å². The summed E-state index contributed by atoms with van der Waals surface area (Å²) in [5.41, 5.74) is 1.14. The van der Waals surface area contributed by atoms with E-state index in [0.717, 1.165) is 24.4 Å². The van der Waals surface area contributed by atoms with Crippen LogP contribution in [0.25, 0.3) is 0 Å². The van der Waals surface area contributed by atoms with Crippen molar-refractivity contribution in [3.05, 3.63) is 52.0 Å². The van der Waals surface area contributed by atoms with Crippen LogP contribution < -0.4 is 5.32 Å². The standard InChI is InChI=1S/C14H17Cl2N3/c1-3-17-13(14-18-6-7-19(14)2)9-10-4-5-11(15)12(16)8-10/h4-8,13,17H,3,9H2,1-2H3. The van der Waals surface area contributed by atoms with Crippen LogP contribution in [0.1, 0.15) is 24.4 Å². The van der Waals surface area contributed by atoms with E-state index in [4.69, 9.17) is 23.2 Å². The van der Waals surface area contributed by atoms with Crippen molar-refractivity contribution in [1.29, 1.82) is 0 Å². The van der Waals surface area contributed by atoms with Gasteiger partial charge in [-0.3, -0.25) is 0 Å². The molecule has 1 aromatic heterocycles. The molecule has 0 amide bonds. The Hall–Kier alpha value is -1.03. The van der Waals surface area contributed by atoms with Gasteiger partial charge in [-0.1, -0.05) is 36.2 Å². The molecule has 3 nitrogen and oxygen atoms in total. The molecule has 0 aliphatic rings. The van der Waals surface area contributed by atoms with E-state index < -0.39 is 0 Å². The molecule has 1 atom stereocenters. The second kappa shape index (κ2) is 6.42. The van der Waals surface area contributed by atoms with Crippen molar-refractivity contribution in [3.63, 3.8) is 0 Å². The number of hydrogen-bond acceptors (Lipinski definition) is 2. The fourth-order valence-electron chi connectivity index (χ4n) is 2.12. The minimum atomic E-state index is 0.169. The highest BCUT2D eigenvalue weighted by Gasteiger charge is 2.15. The van der Waals surface area contributed by atoms with Crippen LogP contribution >= 0.6 is 23.2 Å². The summed E-state index contributed by atoms with van der Waals surface area (Å²) in [4.78, 5) is 4.41. The average Bonchev–Trinajstić information content (AvgIpc) is 2.79. The molecule has 1 N–H and O–H groups in total. The van der Waals surface area contributed by atoms with Crippen LogP contribution in [-0.4, -0.2) is 16.1 Å². The molecule has 2 rings (SSSR count). The molecule has 0 aliphatic carbocycles. The van der Waals surface area contributed by atoms with E-state index >= 15 is 0 Å². The molecule has 0 saturated heterocycles. The van der Waals surface area contributed by atoms with Gasteiger partial charge in [0.15, 0.2) is 0 Å². The molecular weight excluding hydrogens is 281 g/mol. The van der Waals surface area contributed by atoms with Crippen molar-refractivity contribution < 1.29 is 0 Å². The highest BCUT2D eigenvalue weighted by atomic mass is 35.5. The summed E-state index contributed by atoms with van der Waals surface area (Å²) in [6.45, 7) is 2.98. The molecule has 0 aliphatic heterocycles. The molecule has 102 valence electrons. The van der Waals surface area contributed by atoms with Gasteiger partial charge < -0.3 is 9.88 Å². The normalized spacial score (nSPS) is 12.6. The van der Waals surface area contributed by atoms with E-state index in [1.807, 2.05) is 42.2 Å². The number of imidazole rings is 1. The van der Waals surface area contributed by atoms with E-state index in [-0.39, 0.29) is 6.04 Å². The topological polar surface area (TPSA) is 29.9 Å². The van der Waals surface area contributed by atoms with Gasteiger partial charge in [-0.25, -0.2) is 4.98 Å². The molecule has 5 heteroatoms. The maximum Gasteiger partial charge on any atom is 0.125 e. The van der Waals surface area contributed by atoms with Gasteiger partial charge >= 0.3 is 0 Å². The largest absolute Gasteiger partial charge is 0.337 e. The number of nitrogens with one attached hydrogen (secondary N) is 1. The van der Waals surface area contributed by atoms with E-state index in [9.17, 15) is 0 Å². The van der Waals surface area contributed by atoms with E-state index in [1.165, 1.54) is 0 Å². The fraction of sp³-hybridized carbons (Fsp3) is 0.357. The third-order valence-corrected chi connectivity index (χ3v) is 3.78. The summed E-state index contributed by atoms with van der Waals surface area (Å²) in [6, 6.07) is 5.92. The minimum Gasteiger partial charge on any atom is -0.337 e. The quantitative estimate of drug-likeness (QED) is 0.913. The van der Waals surface area contributed by atoms with Crippen LogP contribution in [0.2, 0.25) is 10.0 Å². The SMILES string of the molecule is CCNC(Cc1ccc(Cl)c(Cl)c1)c1nccn1C. The van der Waals surface area contributed by atoms with Crippen molar-refractivity contribution in [1.82, 2.24) is 14.9 Å². The van der Waals surface area contributed by atoms with E-state index in [1.54, 1.807) is 0 Å². The van der Waals surface area contributed by atoms with Crippen molar-refractivity contribution in [2.75, 3.05) is 6.54 Å². The number of benzene rings is 1. The second-order valence-corrected chi connectivity index (χ2v) is 5.27. The lowest BCUT2D eigenvalue weighted by molar-refractivity contribution is 0.506. The zero-order valence-corrected chi connectivity index (χ0v) is 12.5. The third-order valence-electron chi connectivity index (χ3n) is 3.04. The zero-order valence-electron chi connectivity index (χ0n) is 11.0. The highest BCUT2D eigenvalue weighted by molar-refractivity contribution is 6.42. The van der Waals surface area contributed by atoms with Gasteiger partial charge in [0.05, 0.1) is 16.1 Å². The summed E-state index contributed by atoms with van der Waals surface area (Å²) in [5.74, 6) is 1.02. The van der Waals surface area contributed by atoms with E-state index in [0.29, 0.717) is 10.0 Å². The summed E-state index contributed by atoms with van der Waals surface area (Å²) >= 11 is 12.0. The first-order valence-corrected chi connectivity index (χ1v) is 7.02. The number of aryl methyl sites for hydroxylation is 1. The smallest absolute Gasteiger partial charge is 0.125 e. The predicted octanol–water partition coefficient (Wildman–Crippen LogP) is 3.62. The molecule has 1 unspecified atom stereocenters. The average molecular weight is 298 g/mol. The molecule has 2 aromatic rings. The summed E-state index contributed by atoms with van der Waals surface area (Å²) in [6.07, 6.45) is 4.60. The van der Waals surface area contributed by atoms with Gasteiger partial charge in [0.2, 0.25) is 0 Å². The first-order chi connectivity index (χ1) is 9.11. The van der Waals surface area contributed by atoms with Gasteiger partial charge in [-0.05, 0) is 30.7 Å². The van der Waals surface area contributed by atoms with Crippen LogP contribution in [0, 0.1) is 0 Å². The summed E-state index contributed by atoms with van der Waals surface area (Å²) < 4.78 is 2.03. The maximum absolute atomic E-state index is 6.06. The number of aromatic nitrogens is 2. The Kier molecular flexibility index (Phi) is 4.86. The molecule has 0 fully saturated rings. The first-order valence-electron chi connectivity index (χ1n) is 6.26. The van der Waals surface area contributed by atoms with E-state index in [2.05, 4.69) is 17.2 Å². The number of hydrogen-bond donors (Lipinski definition) is 1. The molecular formula is C14H17Cl2N3. The van der Waals surface area contributed by atoms with Crippen molar-refractivity contribution in [3.8, 4) is 0 Å². The van der Waals surface area contributed by atoms with Crippen LogP contribution in [0.3, 0.4) is 0 Å². The maximum atomic E-state index is 6.06. The van der Waals surface area contributed by atoms with Crippen molar-refractivity contribution in [2.24, 2.45) is 7.05 Å². The third kappa shape index (κ3) is 3.50.